The maximum Gasteiger partial charge on any atom is 0.194 e. The van der Waals surface area contributed by atoms with Crippen LogP contribution in [0.15, 0.2) is 77.6 Å². The fourth-order valence-electron chi connectivity index (χ4n) is 4.32. The summed E-state index contributed by atoms with van der Waals surface area (Å²) in [4.78, 5) is 12.9. The molecule has 0 aliphatic carbocycles. The molecule has 110 valence electrons. The lowest BCUT2D eigenvalue weighted by molar-refractivity contribution is 1.80. The van der Waals surface area contributed by atoms with Gasteiger partial charge in [0.15, 0.2) is 5.43 Å². The van der Waals surface area contributed by atoms with Crippen molar-refractivity contribution in [2.24, 2.45) is 0 Å². The van der Waals surface area contributed by atoms with Gasteiger partial charge in [0.05, 0.1) is 0 Å². The van der Waals surface area contributed by atoms with E-state index < -0.39 is 0 Å². The second-order valence-electron chi connectivity index (χ2n) is 6.53. The van der Waals surface area contributed by atoms with Crippen molar-refractivity contribution in [3.8, 4) is 0 Å². The summed E-state index contributed by atoms with van der Waals surface area (Å²) in [5.74, 6) is 0. The van der Waals surface area contributed by atoms with Gasteiger partial charge in [0.1, 0.15) is 0 Å². The average Bonchev–Trinajstić information content (AvgIpc) is 2.92. The van der Waals surface area contributed by atoms with Crippen molar-refractivity contribution >= 4 is 53.9 Å². The summed E-state index contributed by atoms with van der Waals surface area (Å²) >= 11 is 0. The number of rotatable bonds is 0. The Bertz CT molecular complexity index is 1440. The lowest BCUT2D eigenvalue weighted by atomic mass is 9.92. The first-order chi connectivity index (χ1) is 11.8. The smallest absolute Gasteiger partial charge is 0.194 e. The topological polar surface area (TPSA) is 17.1 Å². The number of hydrogen-bond donors (Lipinski definition) is 0. The molecule has 0 aromatic heterocycles. The van der Waals surface area contributed by atoms with Gasteiger partial charge in [0.2, 0.25) is 0 Å². The molecule has 0 heterocycles. The van der Waals surface area contributed by atoms with Crippen LogP contribution in [-0.4, -0.2) is 0 Å². The minimum Gasteiger partial charge on any atom is -0.289 e. The molecule has 0 amide bonds. The molecule has 0 saturated carbocycles. The first kappa shape index (κ1) is 12.3. The fraction of sp³-hybridized carbons (Fsp3) is 0. The van der Waals surface area contributed by atoms with E-state index in [1.54, 1.807) is 0 Å². The van der Waals surface area contributed by atoms with Crippen LogP contribution < -0.4 is 5.43 Å². The van der Waals surface area contributed by atoms with Gasteiger partial charge in [-0.2, -0.15) is 0 Å². The molecule has 0 aliphatic heterocycles. The molecule has 1 nitrogen and oxygen atoms in total. The van der Waals surface area contributed by atoms with E-state index in [1.807, 2.05) is 18.2 Å². The second kappa shape index (κ2) is 4.01. The SMILES string of the molecule is O=c1c2ccccc2c2c1cc1ccc3cccc4ccc2c1c34. The van der Waals surface area contributed by atoms with Crippen LogP contribution in [-0.2, 0) is 0 Å². The third-order valence-electron chi connectivity index (χ3n) is 5.33. The molecule has 0 bridgehead atoms. The Kier molecular flexibility index (Phi) is 2.05. The van der Waals surface area contributed by atoms with Crippen LogP contribution in [0.4, 0.5) is 0 Å². The summed E-state index contributed by atoms with van der Waals surface area (Å²) in [6, 6.07) is 25.1. The monoisotopic (exact) mass is 304 g/mol. The minimum atomic E-state index is 0.145. The van der Waals surface area contributed by atoms with Crippen molar-refractivity contribution in [2.75, 3.05) is 0 Å². The van der Waals surface area contributed by atoms with Crippen molar-refractivity contribution in [2.45, 2.75) is 0 Å². The molecule has 6 aromatic carbocycles. The quantitative estimate of drug-likeness (QED) is 0.329. The van der Waals surface area contributed by atoms with Crippen molar-refractivity contribution < 1.29 is 0 Å². The van der Waals surface area contributed by atoms with E-state index in [0.717, 1.165) is 26.9 Å². The Morgan fingerprint density at radius 2 is 1.17 bits per heavy atom. The highest BCUT2D eigenvalue weighted by Gasteiger charge is 2.16. The lowest BCUT2D eigenvalue weighted by Crippen LogP contribution is -1.93. The number of fused-ring (bicyclic) bond motifs is 4. The van der Waals surface area contributed by atoms with Crippen molar-refractivity contribution in [3.63, 3.8) is 0 Å². The minimum absolute atomic E-state index is 0.145. The summed E-state index contributed by atoms with van der Waals surface area (Å²) in [6.07, 6.45) is 0. The molecule has 0 radical (unpaired) electrons. The molecule has 0 atom stereocenters. The molecule has 6 aromatic rings. The third-order valence-corrected chi connectivity index (χ3v) is 5.33. The Morgan fingerprint density at radius 3 is 2.00 bits per heavy atom. The highest BCUT2D eigenvalue weighted by molar-refractivity contribution is 6.33. The van der Waals surface area contributed by atoms with Gasteiger partial charge in [0, 0.05) is 16.2 Å². The Morgan fingerprint density at radius 1 is 0.458 bits per heavy atom. The zero-order valence-electron chi connectivity index (χ0n) is 12.8. The van der Waals surface area contributed by atoms with Gasteiger partial charge >= 0.3 is 0 Å². The van der Waals surface area contributed by atoms with E-state index in [1.165, 1.54) is 26.9 Å². The van der Waals surface area contributed by atoms with E-state index >= 15 is 0 Å². The Labute approximate surface area is 137 Å². The molecule has 24 heavy (non-hydrogen) atoms. The van der Waals surface area contributed by atoms with Crippen molar-refractivity contribution in [1.29, 1.82) is 0 Å². The van der Waals surface area contributed by atoms with Crippen LogP contribution >= 0.6 is 0 Å². The molecule has 0 fully saturated rings. The lowest BCUT2D eigenvalue weighted by Gasteiger charge is -2.11. The normalized spacial score (nSPS) is 12.3. The molecule has 0 N–H and O–H groups in total. The van der Waals surface area contributed by atoms with Crippen LogP contribution in [0, 0.1) is 0 Å². The summed E-state index contributed by atoms with van der Waals surface area (Å²) in [7, 11) is 0. The van der Waals surface area contributed by atoms with E-state index in [9.17, 15) is 4.79 Å². The molecule has 1 heteroatoms. The third kappa shape index (κ3) is 1.30. The first-order valence-electron chi connectivity index (χ1n) is 8.17. The fourth-order valence-corrected chi connectivity index (χ4v) is 4.32. The predicted molar refractivity (Wildman–Crippen MR) is 103 cm³/mol. The van der Waals surface area contributed by atoms with Crippen LogP contribution in [0.25, 0.3) is 53.9 Å². The average molecular weight is 304 g/mol. The molecule has 6 rings (SSSR count). The predicted octanol–water partition coefficient (Wildman–Crippen LogP) is 5.69. The van der Waals surface area contributed by atoms with Crippen LogP contribution in [0.5, 0.6) is 0 Å². The standard InChI is InChI=1S/C23H12O/c24-23-17-7-2-1-6-16(17)22-18-11-10-14-5-3-4-13-8-9-15(12-19(22)23)21(18)20(13)14/h1-12H. The highest BCUT2D eigenvalue weighted by Crippen LogP contribution is 2.40. The van der Waals surface area contributed by atoms with E-state index in [4.69, 9.17) is 0 Å². The van der Waals surface area contributed by atoms with Crippen molar-refractivity contribution in [3.05, 3.63) is 83.0 Å². The molecule has 0 aliphatic rings. The van der Waals surface area contributed by atoms with Crippen molar-refractivity contribution in [1.82, 2.24) is 0 Å². The van der Waals surface area contributed by atoms with E-state index in [-0.39, 0.29) is 5.43 Å². The molecule has 0 unspecified atom stereocenters. The van der Waals surface area contributed by atoms with Gasteiger partial charge in [-0.3, -0.25) is 4.79 Å². The maximum atomic E-state index is 12.9. The van der Waals surface area contributed by atoms with E-state index in [2.05, 4.69) is 54.6 Å². The summed E-state index contributed by atoms with van der Waals surface area (Å²) in [6.45, 7) is 0. The molecule has 0 saturated heterocycles. The first-order valence-corrected chi connectivity index (χ1v) is 8.17. The van der Waals surface area contributed by atoms with Crippen LogP contribution in [0.3, 0.4) is 0 Å². The number of hydrogen-bond acceptors (Lipinski definition) is 1. The van der Waals surface area contributed by atoms with Gasteiger partial charge in [-0.1, -0.05) is 66.7 Å². The summed E-state index contributed by atoms with van der Waals surface area (Å²) < 4.78 is 0. The second-order valence-corrected chi connectivity index (χ2v) is 6.53. The highest BCUT2D eigenvalue weighted by atomic mass is 16.1. The zero-order chi connectivity index (χ0) is 15.8. The molecular formula is C23H12O. The Balaban J connectivity index is 2.07. The summed E-state index contributed by atoms with van der Waals surface area (Å²) in [5, 5.41) is 11.2. The zero-order valence-corrected chi connectivity index (χ0v) is 12.8. The van der Waals surface area contributed by atoms with Crippen LogP contribution in [0.1, 0.15) is 0 Å². The molecule has 0 spiro atoms. The van der Waals surface area contributed by atoms with Gasteiger partial charge in [0.25, 0.3) is 0 Å². The maximum absolute atomic E-state index is 12.9. The Hall–Kier alpha value is -3.19. The number of benzene rings is 5. The van der Waals surface area contributed by atoms with Gasteiger partial charge < -0.3 is 0 Å². The van der Waals surface area contributed by atoms with Gasteiger partial charge in [-0.05, 0) is 43.8 Å². The molecular weight excluding hydrogens is 292 g/mol. The largest absolute Gasteiger partial charge is 0.289 e. The van der Waals surface area contributed by atoms with Gasteiger partial charge in [-0.25, -0.2) is 0 Å². The van der Waals surface area contributed by atoms with E-state index in [0.29, 0.717) is 0 Å². The summed E-state index contributed by atoms with van der Waals surface area (Å²) in [5.41, 5.74) is 0.145. The van der Waals surface area contributed by atoms with Gasteiger partial charge in [-0.15, -0.1) is 0 Å². The van der Waals surface area contributed by atoms with Crippen LogP contribution in [0.2, 0.25) is 0 Å².